The molecule has 0 atom stereocenters. The van der Waals surface area contributed by atoms with Crippen LogP contribution in [-0.4, -0.2) is 27.4 Å². The number of aryl methyl sites for hydroxylation is 1. The van der Waals surface area contributed by atoms with Gasteiger partial charge in [0, 0.05) is 29.4 Å². The first-order chi connectivity index (χ1) is 13.5. The zero-order valence-electron chi connectivity index (χ0n) is 16.5. The van der Waals surface area contributed by atoms with Crippen molar-refractivity contribution < 1.29 is 4.79 Å². The largest absolute Gasteiger partial charge is 0.356 e. The van der Waals surface area contributed by atoms with Gasteiger partial charge in [-0.1, -0.05) is 38.1 Å². The van der Waals surface area contributed by atoms with E-state index in [1.54, 1.807) is 0 Å². The molecule has 0 unspecified atom stereocenters. The Morgan fingerprint density at radius 1 is 1.14 bits per heavy atom. The minimum absolute atomic E-state index is 0.00577. The number of fused-ring (bicyclic) bond motifs is 2. The Balaban J connectivity index is 1.56. The van der Waals surface area contributed by atoms with Gasteiger partial charge in [-0.15, -0.1) is 0 Å². The Morgan fingerprint density at radius 2 is 1.89 bits per heavy atom. The lowest BCUT2D eigenvalue weighted by molar-refractivity contribution is 0.0937. The van der Waals surface area contributed by atoms with Gasteiger partial charge in [0.05, 0.1) is 17.0 Å². The van der Waals surface area contributed by atoms with Gasteiger partial charge in [-0.2, -0.15) is 0 Å². The molecular weight excluding hydrogens is 348 g/mol. The number of hydrogen-bond acceptors (Lipinski definition) is 3. The van der Waals surface area contributed by atoms with Crippen LogP contribution in [0.1, 0.15) is 59.8 Å². The van der Waals surface area contributed by atoms with Crippen LogP contribution in [0.15, 0.2) is 36.5 Å². The van der Waals surface area contributed by atoms with Crippen molar-refractivity contribution in [1.29, 1.82) is 0 Å². The number of rotatable bonds is 3. The van der Waals surface area contributed by atoms with Crippen LogP contribution in [0.2, 0.25) is 0 Å². The number of aromatic nitrogens is 3. The van der Waals surface area contributed by atoms with E-state index in [4.69, 9.17) is 4.98 Å². The molecule has 1 spiro atoms. The molecule has 1 saturated carbocycles. The van der Waals surface area contributed by atoms with Gasteiger partial charge in [-0.3, -0.25) is 4.79 Å². The average molecular weight is 372 g/mol. The highest BCUT2D eigenvalue weighted by Crippen LogP contribution is 2.50. The number of carbonyl (C=O) groups is 1. The Hall–Kier alpha value is -2.95. The summed E-state index contributed by atoms with van der Waals surface area (Å²) in [5.74, 6) is 1.20. The van der Waals surface area contributed by atoms with Gasteiger partial charge in [0.25, 0.3) is 5.91 Å². The van der Waals surface area contributed by atoms with E-state index in [0.717, 1.165) is 53.2 Å². The third kappa shape index (κ3) is 2.65. The monoisotopic (exact) mass is 372 g/mol. The zero-order valence-corrected chi connectivity index (χ0v) is 16.5. The standard InChI is InChI=1S/C23H24N4O/c1-13(2)15-4-6-16(7-5-15)21-24-11-14(3)19(27-21)18-10-17-20(26-18)23(8-9-23)12-25-22(17)28/h4-7,10-11,13,26H,8-9,12H2,1-3H3,(H,25,28). The third-order valence-electron chi connectivity index (χ3n) is 6.10. The van der Waals surface area contributed by atoms with Crippen molar-refractivity contribution in [2.45, 2.75) is 44.9 Å². The maximum Gasteiger partial charge on any atom is 0.253 e. The Labute approximate surface area is 164 Å². The number of nitrogens with zero attached hydrogens (tertiary/aromatic N) is 2. The van der Waals surface area contributed by atoms with Crippen molar-refractivity contribution in [3.05, 3.63) is 58.9 Å². The highest BCUT2D eigenvalue weighted by molar-refractivity contribution is 5.98. The van der Waals surface area contributed by atoms with Crippen molar-refractivity contribution in [2.24, 2.45) is 0 Å². The molecule has 3 aromatic rings. The molecule has 3 heterocycles. The highest BCUT2D eigenvalue weighted by atomic mass is 16.1. The summed E-state index contributed by atoms with van der Waals surface area (Å²) < 4.78 is 0. The maximum absolute atomic E-state index is 12.3. The molecule has 5 nitrogen and oxygen atoms in total. The molecule has 0 saturated heterocycles. The first-order valence-corrected chi connectivity index (χ1v) is 9.93. The molecule has 0 bridgehead atoms. The lowest BCUT2D eigenvalue weighted by Crippen LogP contribution is -2.38. The smallest absolute Gasteiger partial charge is 0.253 e. The molecule has 1 amide bonds. The summed E-state index contributed by atoms with van der Waals surface area (Å²) in [6.07, 6.45) is 4.10. The highest BCUT2D eigenvalue weighted by Gasteiger charge is 2.50. The van der Waals surface area contributed by atoms with E-state index < -0.39 is 0 Å². The molecule has 2 aliphatic rings. The molecule has 5 rings (SSSR count). The summed E-state index contributed by atoms with van der Waals surface area (Å²) in [5, 5.41) is 3.03. The SMILES string of the molecule is Cc1cnc(-c2ccc(C(C)C)cc2)nc1-c1cc2c([nH]1)C1(CC1)CNC2=O. The van der Waals surface area contributed by atoms with E-state index in [0.29, 0.717) is 11.7 Å². The molecule has 28 heavy (non-hydrogen) atoms. The number of benzene rings is 1. The first-order valence-electron chi connectivity index (χ1n) is 9.93. The quantitative estimate of drug-likeness (QED) is 0.718. The second-order valence-electron chi connectivity index (χ2n) is 8.44. The van der Waals surface area contributed by atoms with Gasteiger partial charge < -0.3 is 10.3 Å². The van der Waals surface area contributed by atoms with Gasteiger partial charge in [0.1, 0.15) is 0 Å². The van der Waals surface area contributed by atoms with Crippen molar-refractivity contribution >= 4 is 5.91 Å². The molecule has 1 aromatic carbocycles. The summed E-state index contributed by atoms with van der Waals surface area (Å²) in [7, 11) is 0. The topological polar surface area (TPSA) is 70.7 Å². The number of carbonyl (C=O) groups excluding carboxylic acids is 1. The zero-order chi connectivity index (χ0) is 19.5. The lowest BCUT2D eigenvalue weighted by atomic mass is 9.95. The number of amides is 1. The Kier molecular flexibility index (Phi) is 3.69. The van der Waals surface area contributed by atoms with Gasteiger partial charge in [-0.05, 0) is 42.9 Å². The Morgan fingerprint density at radius 3 is 2.57 bits per heavy atom. The van der Waals surface area contributed by atoms with E-state index in [-0.39, 0.29) is 11.3 Å². The predicted octanol–water partition coefficient (Wildman–Crippen LogP) is 4.35. The second kappa shape index (κ2) is 6.03. The van der Waals surface area contributed by atoms with Crippen molar-refractivity contribution in [1.82, 2.24) is 20.3 Å². The second-order valence-corrected chi connectivity index (χ2v) is 8.44. The van der Waals surface area contributed by atoms with Crippen LogP contribution in [0.25, 0.3) is 22.8 Å². The van der Waals surface area contributed by atoms with Gasteiger partial charge in [0.2, 0.25) is 0 Å². The lowest BCUT2D eigenvalue weighted by Gasteiger charge is -2.21. The maximum atomic E-state index is 12.3. The fourth-order valence-electron chi connectivity index (χ4n) is 4.06. The molecule has 142 valence electrons. The molecule has 1 fully saturated rings. The summed E-state index contributed by atoms with van der Waals surface area (Å²) >= 11 is 0. The molecule has 1 aliphatic heterocycles. The molecular formula is C23H24N4O. The van der Waals surface area contributed by atoms with Gasteiger partial charge in [0.15, 0.2) is 5.82 Å². The van der Waals surface area contributed by atoms with Crippen LogP contribution in [0.5, 0.6) is 0 Å². The van der Waals surface area contributed by atoms with Crippen molar-refractivity contribution in [3.8, 4) is 22.8 Å². The number of hydrogen-bond donors (Lipinski definition) is 2. The van der Waals surface area contributed by atoms with Crippen LogP contribution in [-0.2, 0) is 5.41 Å². The fourth-order valence-corrected chi connectivity index (χ4v) is 4.06. The molecule has 2 N–H and O–H groups in total. The van der Waals surface area contributed by atoms with E-state index in [1.165, 1.54) is 5.56 Å². The fraction of sp³-hybridized carbons (Fsp3) is 0.348. The van der Waals surface area contributed by atoms with Gasteiger partial charge in [-0.25, -0.2) is 9.97 Å². The van der Waals surface area contributed by atoms with Crippen LogP contribution >= 0.6 is 0 Å². The normalized spacial score (nSPS) is 16.9. The third-order valence-corrected chi connectivity index (χ3v) is 6.10. The van der Waals surface area contributed by atoms with Crippen LogP contribution in [0.3, 0.4) is 0 Å². The van der Waals surface area contributed by atoms with Crippen LogP contribution < -0.4 is 5.32 Å². The summed E-state index contributed by atoms with van der Waals surface area (Å²) in [6.45, 7) is 7.11. The first kappa shape index (κ1) is 17.2. The van der Waals surface area contributed by atoms with Crippen LogP contribution in [0, 0.1) is 6.92 Å². The van der Waals surface area contributed by atoms with Crippen molar-refractivity contribution in [2.75, 3.05) is 6.54 Å². The molecule has 5 heteroatoms. The van der Waals surface area contributed by atoms with E-state index >= 15 is 0 Å². The predicted molar refractivity (Wildman–Crippen MR) is 109 cm³/mol. The minimum Gasteiger partial charge on any atom is -0.356 e. The summed E-state index contributed by atoms with van der Waals surface area (Å²) in [5.41, 5.74) is 6.99. The number of aromatic amines is 1. The number of nitrogens with one attached hydrogen (secondary N) is 2. The number of H-pyrrole nitrogens is 1. The van der Waals surface area contributed by atoms with E-state index in [2.05, 4.69) is 53.4 Å². The average Bonchev–Trinajstić information content (AvgIpc) is 3.33. The van der Waals surface area contributed by atoms with E-state index in [1.807, 2.05) is 19.2 Å². The minimum atomic E-state index is 0.00577. The van der Waals surface area contributed by atoms with E-state index in [9.17, 15) is 4.79 Å². The summed E-state index contributed by atoms with van der Waals surface area (Å²) in [4.78, 5) is 25.3. The molecule has 1 aliphatic carbocycles. The molecule has 0 radical (unpaired) electrons. The van der Waals surface area contributed by atoms with Crippen molar-refractivity contribution in [3.63, 3.8) is 0 Å². The molecule has 2 aromatic heterocycles. The Bertz CT molecular complexity index is 1070. The van der Waals surface area contributed by atoms with Crippen LogP contribution in [0.4, 0.5) is 0 Å². The van der Waals surface area contributed by atoms with Gasteiger partial charge >= 0.3 is 0 Å². The summed E-state index contributed by atoms with van der Waals surface area (Å²) in [6, 6.07) is 10.4.